The van der Waals surface area contributed by atoms with Crippen LogP contribution in [0, 0.1) is 0 Å². The summed E-state index contributed by atoms with van der Waals surface area (Å²) in [4.78, 5) is 13.9. The van der Waals surface area contributed by atoms with E-state index in [2.05, 4.69) is 89.2 Å². The van der Waals surface area contributed by atoms with Crippen LogP contribution in [0.2, 0.25) is 0 Å². The van der Waals surface area contributed by atoms with Crippen LogP contribution in [0.15, 0.2) is 60.7 Å². The first kappa shape index (κ1) is 18.4. The Morgan fingerprint density at radius 2 is 1.44 bits per heavy atom. The summed E-state index contributed by atoms with van der Waals surface area (Å²) in [6.07, 6.45) is -1.25. The van der Waals surface area contributed by atoms with Crippen molar-refractivity contribution in [1.29, 1.82) is 0 Å². The molecule has 0 saturated carbocycles. The average Bonchev–Trinajstić information content (AvgIpc) is 3.00. The summed E-state index contributed by atoms with van der Waals surface area (Å²) in [5.74, 6) is 0. The maximum atomic E-state index is 9.15. The van der Waals surface area contributed by atoms with Crippen LogP contribution in [0.5, 0.6) is 0 Å². The van der Waals surface area contributed by atoms with Crippen molar-refractivity contribution in [1.82, 2.24) is 9.80 Å². The second-order valence-corrected chi connectivity index (χ2v) is 5.59. The molecule has 0 spiro atoms. The number of carboxylic acid groups (broad SMARTS) is 1. The highest BCUT2D eigenvalue weighted by molar-refractivity contribution is 5.90. The van der Waals surface area contributed by atoms with Gasteiger partial charge in [0.15, 0.2) is 0 Å². The fourth-order valence-corrected chi connectivity index (χ4v) is 2.85. The first-order valence-corrected chi connectivity index (χ1v) is 8.16. The van der Waals surface area contributed by atoms with Crippen molar-refractivity contribution in [2.75, 3.05) is 27.4 Å². The van der Waals surface area contributed by atoms with Crippen LogP contribution < -0.4 is 0 Å². The summed E-state index contributed by atoms with van der Waals surface area (Å²) in [5.41, 5.74) is 5.22. The highest BCUT2D eigenvalue weighted by Crippen LogP contribution is 2.36. The van der Waals surface area contributed by atoms with Crippen LogP contribution in [0.1, 0.15) is 18.1 Å². The molecule has 1 N–H and O–H groups in total. The molecule has 5 heteroatoms. The zero-order valence-electron chi connectivity index (χ0n) is 14.8. The molecule has 0 atom stereocenters. The molecule has 1 aliphatic rings. The molecule has 132 valence electrons. The van der Waals surface area contributed by atoms with Crippen molar-refractivity contribution in [3.63, 3.8) is 0 Å². The zero-order chi connectivity index (χ0) is 18.2. The second-order valence-electron chi connectivity index (χ2n) is 5.59. The molecular weight excluding hydrogens is 316 g/mol. The van der Waals surface area contributed by atoms with Crippen LogP contribution in [-0.2, 0) is 4.74 Å². The van der Waals surface area contributed by atoms with Crippen molar-refractivity contribution in [3.05, 3.63) is 71.8 Å². The van der Waals surface area contributed by atoms with E-state index in [0.717, 1.165) is 20.3 Å². The lowest BCUT2D eigenvalue weighted by atomic mass is 10.0. The summed E-state index contributed by atoms with van der Waals surface area (Å²) < 4.78 is 3.67. The Hall–Kier alpha value is -2.95. The molecule has 2 aromatic rings. The molecule has 0 bridgehead atoms. The SMILES string of the molecule is CCN1CN(C)C(c2ccccc2)=C1c1ccccc1.COC(=O)O. The van der Waals surface area contributed by atoms with E-state index >= 15 is 0 Å². The largest absolute Gasteiger partial charge is 0.505 e. The van der Waals surface area contributed by atoms with Gasteiger partial charge in [-0.1, -0.05) is 60.7 Å². The number of ether oxygens (including phenoxy) is 1. The quantitative estimate of drug-likeness (QED) is 0.854. The molecule has 3 rings (SSSR count). The maximum absolute atomic E-state index is 9.15. The summed E-state index contributed by atoms with van der Waals surface area (Å²) in [7, 11) is 3.27. The van der Waals surface area contributed by atoms with E-state index in [1.54, 1.807) is 0 Å². The van der Waals surface area contributed by atoms with E-state index in [1.807, 2.05) is 0 Å². The van der Waals surface area contributed by atoms with Gasteiger partial charge in [0.25, 0.3) is 0 Å². The fourth-order valence-electron chi connectivity index (χ4n) is 2.85. The Kier molecular flexibility index (Phi) is 6.46. The lowest BCUT2D eigenvalue weighted by Crippen LogP contribution is -2.24. The summed E-state index contributed by atoms with van der Waals surface area (Å²) >= 11 is 0. The Balaban J connectivity index is 0.000000399. The van der Waals surface area contributed by atoms with Crippen LogP contribution >= 0.6 is 0 Å². The topological polar surface area (TPSA) is 53.0 Å². The van der Waals surface area contributed by atoms with Crippen molar-refractivity contribution in [2.24, 2.45) is 0 Å². The van der Waals surface area contributed by atoms with Crippen LogP contribution in [0.25, 0.3) is 11.4 Å². The van der Waals surface area contributed by atoms with E-state index in [-0.39, 0.29) is 0 Å². The molecule has 0 fully saturated rings. The number of methoxy groups -OCH3 is 1. The minimum Gasteiger partial charge on any atom is -0.450 e. The molecule has 0 aromatic heterocycles. The van der Waals surface area contributed by atoms with Crippen molar-refractivity contribution < 1.29 is 14.6 Å². The smallest absolute Gasteiger partial charge is 0.450 e. The minimum atomic E-state index is -1.25. The molecule has 0 amide bonds. The Morgan fingerprint density at radius 3 is 1.84 bits per heavy atom. The number of carbonyl (C=O) groups is 1. The van der Waals surface area contributed by atoms with E-state index < -0.39 is 6.16 Å². The number of nitrogens with zero attached hydrogens (tertiary/aromatic N) is 2. The average molecular weight is 340 g/mol. The molecule has 0 unspecified atom stereocenters. The van der Waals surface area contributed by atoms with Gasteiger partial charge >= 0.3 is 6.16 Å². The second kappa shape index (κ2) is 8.78. The molecule has 0 saturated heterocycles. The molecule has 5 nitrogen and oxygen atoms in total. The third kappa shape index (κ3) is 4.53. The van der Waals surface area contributed by atoms with E-state index in [0.29, 0.717) is 0 Å². The third-order valence-corrected chi connectivity index (χ3v) is 3.96. The van der Waals surface area contributed by atoms with Gasteiger partial charge in [-0.3, -0.25) is 0 Å². The molecule has 0 aliphatic carbocycles. The monoisotopic (exact) mass is 340 g/mol. The predicted octanol–water partition coefficient (Wildman–Crippen LogP) is 4.05. The first-order valence-electron chi connectivity index (χ1n) is 8.16. The van der Waals surface area contributed by atoms with Gasteiger partial charge in [0.05, 0.1) is 25.2 Å². The van der Waals surface area contributed by atoms with Gasteiger partial charge in [0, 0.05) is 13.6 Å². The first-order chi connectivity index (χ1) is 12.1. The Labute approximate surface area is 148 Å². The molecule has 1 heterocycles. The van der Waals surface area contributed by atoms with Gasteiger partial charge < -0.3 is 19.6 Å². The Morgan fingerprint density at radius 1 is 1.00 bits per heavy atom. The van der Waals surface area contributed by atoms with E-state index in [4.69, 9.17) is 9.90 Å². The lowest BCUT2D eigenvalue weighted by molar-refractivity contribution is 0.114. The Bertz CT molecular complexity index is 714. The minimum absolute atomic E-state index is 0.949. The van der Waals surface area contributed by atoms with Crippen molar-refractivity contribution in [2.45, 2.75) is 6.92 Å². The van der Waals surface area contributed by atoms with Crippen LogP contribution in [0.3, 0.4) is 0 Å². The van der Waals surface area contributed by atoms with Crippen molar-refractivity contribution >= 4 is 17.5 Å². The summed E-state index contributed by atoms with van der Waals surface area (Å²) in [6, 6.07) is 21.3. The van der Waals surface area contributed by atoms with Gasteiger partial charge in [-0.15, -0.1) is 0 Å². The number of hydrogen-bond donors (Lipinski definition) is 1. The third-order valence-electron chi connectivity index (χ3n) is 3.96. The van der Waals surface area contributed by atoms with Gasteiger partial charge in [-0.05, 0) is 18.1 Å². The van der Waals surface area contributed by atoms with E-state index in [1.165, 1.54) is 22.5 Å². The molecular formula is C20H24N2O3. The number of rotatable bonds is 3. The van der Waals surface area contributed by atoms with Gasteiger partial charge in [0.1, 0.15) is 0 Å². The maximum Gasteiger partial charge on any atom is 0.505 e. The fraction of sp³-hybridized carbons (Fsp3) is 0.250. The van der Waals surface area contributed by atoms with Crippen LogP contribution in [0.4, 0.5) is 4.79 Å². The van der Waals surface area contributed by atoms with Gasteiger partial charge in [-0.25, -0.2) is 4.79 Å². The highest BCUT2D eigenvalue weighted by Gasteiger charge is 2.27. The van der Waals surface area contributed by atoms with Crippen LogP contribution in [-0.4, -0.2) is 48.4 Å². The summed E-state index contributed by atoms with van der Waals surface area (Å²) in [6.45, 7) is 4.18. The number of hydrogen-bond acceptors (Lipinski definition) is 4. The standard InChI is InChI=1S/C18H20N2.C2H4O3/c1-3-20-14-19(2)17(15-10-6-4-7-11-15)18(20)16-12-8-5-9-13-16;1-5-2(3)4/h4-13H,3,14H2,1-2H3;1H3,(H,3,4). The highest BCUT2D eigenvalue weighted by atomic mass is 16.6. The molecule has 25 heavy (non-hydrogen) atoms. The predicted molar refractivity (Wildman–Crippen MR) is 99.7 cm³/mol. The normalized spacial score (nSPS) is 13.4. The summed E-state index contributed by atoms with van der Waals surface area (Å²) in [5, 5.41) is 7.50. The molecule has 1 aliphatic heterocycles. The van der Waals surface area contributed by atoms with Gasteiger partial charge in [0.2, 0.25) is 0 Å². The van der Waals surface area contributed by atoms with Gasteiger partial charge in [-0.2, -0.15) is 0 Å². The number of benzene rings is 2. The molecule has 0 radical (unpaired) electrons. The molecule has 2 aromatic carbocycles. The lowest BCUT2D eigenvalue weighted by Gasteiger charge is -2.20. The zero-order valence-corrected chi connectivity index (χ0v) is 14.8. The van der Waals surface area contributed by atoms with Crippen molar-refractivity contribution in [3.8, 4) is 0 Å². The van der Waals surface area contributed by atoms with E-state index in [9.17, 15) is 0 Å².